The van der Waals surface area contributed by atoms with Gasteiger partial charge in [0.25, 0.3) is 0 Å². The van der Waals surface area contributed by atoms with Gasteiger partial charge in [-0.15, -0.1) is 0 Å². The summed E-state index contributed by atoms with van der Waals surface area (Å²) in [5.74, 6) is 0.617. The highest BCUT2D eigenvalue weighted by atomic mass is 35.5. The maximum absolute atomic E-state index is 11.9. The largest absolute Gasteiger partial charge is 0.337 e. The van der Waals surface area contributed by atoms with Crippen molar-refractivity contribution in [1.29, 1.82) is 0 Å². The second-order valence-corrected chi connectivity index (χ2v) is 6.20. The lowest BCUT2D eigenvalue weighted by atomic mass is 10.1. The van der Waals surface area contributed by atoms with Crippen molar-refractivity contribution in [2.75, 3.05) is 12.8 Å². The van der Waals surface area contributed by atoms with Gasteiger partial charge in [0, 0.05) is 16.8 Å². The Morgan fingerprint density at radius 1 is 1.50 bits per heavy atom. The Bertz CT molecular complexity index is 607. The van der Waals surface area contributed by atoms with Gasteiger partial charge in [-0.25, -0.2) is 9.78 Å². The Morgan fingerprint density at radius 2 is 2.32 bits per heavy atom. The van der Waals surface area contributed by atoms with E-state index in [-0.39, 0.29) is 17.3 Å². The molecular formula is C14H18ClN5OS. The molecular weight excluding hydrogens is 322 g/mol. The first-order chi connectivity index (χ1) is 10.6. The summed E-state index contributed by atoms with van der Waals surface area (Å²) in [5.41, 5.74) is 1.09. The van der Waals surface area contributed by atoms with E-state index in [0.29, 0.717) is 17.4 Å². The normalized spacial score (nSPS) is 13.4. The van der Waals surface area contributed by atoms with E-state index >= 15 is 0 Å². The van der Waals surface area contributed by atoms with Crippen LogP contribution in [-0.2, 0) is 0 Å². The van der Waals surface area contributed by atoms with E-state index in [1.54, 1.807) is 11.8 Å². The molecule has 1 aromatic heterocycles. The van der Waals surface area contributed by atoms with Crippen molar-refractivity contribution in [2.45, 2.75) is 18.2 Å². The van der Waals surface area contributed by atoms with E-state index in [2.05, 4.69) is 25.8 Å². The standard InChI is InChI=1S/C14H18ClN5OS/c1-9(13-17-8-18-20-13)19-14(21)16-7-12(22-2)10-4-3-5-11(15)6-10/h3-6,8-9,12H,7H2,1-2H3,(H2,16,19,21)(H,17,18,20)/t9-,12-/m1/s1. The zero-order valence-corrected chi connectivity index (χ0v) is 13.9. The van der Waals surface area contributed by atoms with E-state index in [0.717, 1.165) is 5.56 Å². The molecule has 118 valence electrons. The van der Waals surface area contributed by atoms with Crippen molar-refractivity contribution >= 4 is 29.4 Å². The SMILES string of the molecule is CS[C@H](CNC(=O)N[C@H](C)c1ncn[nH]1)c1cccc(Cl)c1. The van der Waals surface area contributed by atoms with Gasteiger partial charge in [-0.3, -0.25) is 5.10 Å². The molecule has 2 atom stereocenters. The number of hydrogen-bond donors (Lipinski definition) is 3. The number of halogens is 1. The number of nitrogens with zero attached hydrogens (tertiary/aromatic N) is 2. The predicted octanol–water partition coefficient (Wildman–Crippen LogP) is 2.92. The number of carbonyl (C=O) groups is 1. The van der Waals surface area contributed by atoms with Crippen LogP contribution in [0.25, 0.3) is 0 Å². The Kier molecular flexibility index (Phi) is 6.09. The quantitative estimate of drug-likeness (QED) is 0.755. The molecule has 0 bridgehead atoms. The van der Waals surface area contributed by atoms with Gasteiger partial charge in [-0.05, 0) is 30.9 Å². The van der Waals surface area contributed by atoms with Crippen LogP contribution in [0.15, 0.2) is 30.6 Å². The van der Waals surface area contributed by atoms with Crippen LogP contribution in [0.5, 0.6) is 0 Å². The topological polar surface area (TPSA) is 82.7 Å². The zero-order valence-electron chi connectivity index (χ0n) is 12.3. The minimum Gasteiger partial charge on any atom is -0.337 e. The van der Waals surface area contributed by atoms with Gasteiger partial charge >= 0.3 is 6.03 Å². The third-order valence-corrected chi connectivity index (χ3v) is 4.39. The number of thioether (sulfide) groups is 1. The Labute approximate surface area is 138 Å². The van der Waals surface area contributed by atoms with E-state index < -0.39 is 0 Å². The van der Waals surface area contributed by atoms with Crippen LogP contribution in [0.1, 0.15) is 29.6 Å². The second kappa shape index (κ2) is 8.05. The van der Waals surface area contributed by atoms with E-state index in [1.165, 1.54) is 6.33 Å². The van der Waals surface area contributed by atoms with Gasteiger partial charge < -0.3 is 10.6 Å². The number of amides is 2. The summed E-state index contributed by atoms with van der Waals surface area (Å²) < 4.78 is 0. The summed E-state index contributed by atoms with van der Waals surface area (Å²) in [6.07, 6.45) is 3.41. The van der Waals surface area contributed by atoms with Crippen molar-refractivity contribution < 1.29 is 4.79 Å². The Balaban J connectivity index is 1.86. The molecule has 1 heterocycles. The molecule has 1 aromatic carbocycles. The summed E-state index contributed by atoms with van der Waals surface area (Å²) in [4.78, 5) is 16.0. The molecule has 0 radical (unpaired) electrons. The van der Waals surface area contributed by atoms with Gasteiger partial charge in [0.05, 0.1) is 6.04 Å². The number of hydrogen-bond acceptors (Lipinski definition) is 4. The predicted molar refractivity (Wildman–Crippen MR) is 89.0 cm³/mol. The lowest BCUT2D eigenvalue weighted by Crippen LogP contribution is -2.39. The zero-order chi connectivity index (χ0) is 15.9. The molecule has 2 rings (SSSR count). The fraction of sp³-hybridized carbons (Fsp3) is 0.357. The van der Waals surface area contributed by atoms with Gasteiger partial charge in [-0.2, -0.15) is 16.9 Å². The molecule has 2 aromatic rings. The average molecular weight is 340 g/mol. The van der Waals surface area contributed by atoms with Crippen molar-refractivity contribution in [3.05, 3.63) is 47.0 Å². The Hall–Kier alpha value is -1.73. The molecule has 3 N–H and O–H groups in total. The monoisotopic (exact) mass is 339 g/mol. The highest BCUT2D eigenvalue weighted by Crippen LogP contribution is 2.27. The fourth-order valence-corrected chi connectivity index (χ4v) is 2.84. The number of carbonyl (C=O) groups excluding carboxylic acids is 1. The summed E-state index contributed by atoms with van der Waals surface area (Å²) in [6.45, 7) is 2.35. The molecule has 0 saturated carbocycles. The molecule has 0 spiro atoms. The van der Waals surface area contributed by atoms with Gasteiger partial charge in [0.2, 0.25) is 0 Å². The molecule has 0 fully saturated rings. The molecule has 22 heavy (non-hydrogen) atoms. The summed E-state index contributed by atoms with van der Waals surface area (Å²) in [5, 5.41) is 13.0. The van der Waals surface area contributed by atoms with Crippen LogP contribution >= 0.6 is 23.4 Å². The van der Waals surface area contributed by atoms with Crippen LogP contribution in [0.4, 0.5) is 4.79 Å². The van der Waals surface area contributed by atoms with Crippen LogP contribution in [0.3, 0.4) is 0 Å². The minimum atomic E-state index is -0.245. The first-order valence-corrected chi connectivity index (χ1v) is 8.44. The van der Waals surface area contributed by atoms with Gasteiger partial charge in [-0.1, -0.05) is 23.7 Å². The van der Waals surface area contributed by atoms with Crippen LogP contribution in [-0.4, -0.2) is 34.0 Å². The second-order valence-electron chi connectivity index (χ2n) is 4.73. The molecule has 6 nitrogen and oxygen atoms in total. The first kappa shape index (κ1) is 16.6. The summed E-state index contributed by atoms with van der Waals surface area (Å²) >= 11 is 7.67. The number of H-pyrrole nitrogens is 1. The number of nitrogens with one attached hydrogen (secondary N) is 3. The van der Waals surface area contributed by atoms with Crippen molar-refractivity contribution in [1.82, 2.24) is 25.8 Å². The smallest absolute Gasteiger partial charge is 0.315 e. The number of rotatable bonds is 6. The first-order valence-electron chi connectivity index (χ1n) is 6.78. The molecule has 0 saturated heterocycles. The van der Waals surface area contributed by atoms with Crippen LogP contribution in [0, 0.1) is 0 Å². The van der Waals surface area contributed by atoms with Gasteiger partial charge in [0.15, 0.2) is 0 Å². The van der Waals surface area contributed by atoms with Crippen LogP contribution in [0.2, 0.25) is 5.02 Å². The molecule has 0 unspecified atom stereocenters. The number of urea groups is 1. The lowest BCUT2D eigenvalue weighted by Gasteiger charge is -2.17. The average Bonchev–Trinajstić information content (AvgIpc) is 3.02. The molecule has 2 amide bonds. The number of aromatic amines is 1. The third-order valence-electron chi connectivity index (χ3n) is 3.14. The third kappa shape index (κ3) is 4.64. The number of aromatic nitrogens is 3. The minimum absolute atomic E-state index is 0.144. The van der Waals surface area contributed by atoms with Crippen molar-refractivity contribution in [2.24, 2.45) is 0 Å². The molecule has 0 aliphatic carbocycles. The summed E-state index contributed by atoms with van der Waals surface area (Å²) in [6, 6.07) is 7.18. The molecule has 0 aliphatic rings. The summed E-state index contributed by atoms with van der Waals surface area (Å²) in [7, 11) is 0. The highest BCUT2D eigenvalue weighted by Gasteiger charge is 2.15. The van der Waals surface area contributed by atoms with Gasteiger partial charge in [0.1, 0.15) is 12.2 Å². The van der Waals surface area contributed by atoms with Crippen molar-refractivity contribution in [3.63, 3.8) is 0 Å². The lowest BCUT2D eigenvalue weighted by molar-refractivity contribution is 0.237. The van der Waals surface area contributed by atoms with E-state index in [4.69, 9.17) is 11.6 Å². The highest BCUT2D eigenvalue weighted by molar-refractivity contribution is 7.98. The van der Waals surface area contributed by atoms with E-state index in [1.807, 2.05) is 37.4 Å². The maximum atomic E-state index is 11.9. The molecule has 0 aliphatic heterocycles. The number of benzene rings is 1. The maximum Gasteiger partial charge on any atom is 0.315 e. The Morgan fingerprint density at radius 3 is 2.95 bits per heavy atom. The van der Waals surface area contributed by atoms with Crippen molar-refractivity contribution in [3.8, 4) is 0 Å². The van der Waals surface area contributed by atoms with E-state index in [9.17, 15) is 4.79 Å². The molecule has 8 heteroatoms. The van der Waals surface area contributed by atoms with Crippen LogP contribution < -0.4 is 10.6 Å². The fourth-order valence-electron chi connectivity index (χ4n) is 1.97.